The third kappa shape index (κ3) is 5.72. The van der Waals surface area contributed by atoms with Gasteiger partial charge in [0.05, 0.1) is 10.0 Å². The predicted octanol–water partition coefficient (Wildman–Crippen LogP) is 6.49. The molecule has 3 rings (SSSR count). The van der Waals surface area contributed by atoms with Gasteiger partial charge in [0, 0.05) is 17.5 Å². The SMILES string of the molecule is Cc1ccc(C(C)C)c(OCC(=O)Nc2ncc(Cc3cccc(Cl)c3Cl)s2)c1. The number of carbonyl (C=O) groups excluding carboxylic acids is 1. The molecule has 1 aromatic heterocycles. The molecule has 152 valence electrons. The first-order chi connectivity index (χ1) is 13.8. The molecule has 0 aliphatic heterocycles. The Morgan fingerprint density at radius 3 is 2.79 bits per heavy atom. The molecule has 0 bridgehead atoms. The number of aryl methyl sites for hydroxylation is 1. The van der Waals surface area contributed by atoms with Crippen LogP contribution in [0.2, 0.25) is 10.0 Å². The molecule has 0 aliphatic rings. The highest BCUT2D eigenvalue weighted by molar-refractivity contribution is 7.15. The summed E-state index contributed by atoms with van der Waals surface area (Å²) in [7, 11) is 0. The zero-order chi connectivity index (χ0) is 21.0. The first kappa shape index (κ1) is 21.6. The largest absolute Gasteiger partial charge is 0.483 e. The molecule has 0 radical (unpaired) electrons. The highest BCUT2D eigenvalue weighted by Gasteiger charge is 2.13. The molecular formula is C22H22Cl2N2O2S. The Bertz CT molecular complexity index is 1020. The van der Waals surface area contributed by atoms with Crippen molar-refractivity contribution >= 4 is 45.6 Å². The maximum Gasteiger partial charge on any atom is 0.264 e. The minimum Gasteiger partial charge on any atom is -0.483 e. The zero-order valence-corrected chi connectivity index (χ0v) is 18.8. The van der Waals surface area contributed by atoms with Gasteiger partial charge in [-0.25, -0.2) is 4.98 Å². The van der Waals surface area contributed by atoms with E-state index in [1.165, 1.54) is 11.3 Å². The van der Waals surface area contributed by atoms with Crippen molar-refractivity contribution in [2.45, 2.75) is 33.1 Å². The van der Waals surface area contributed by atoms with Crippen LogP contribution < -0.4 is 10.1 Å². The number of nitrogens with zero attached hydrogens (tertiary/aromatic N) is 1. The Hall–Kier alpha value is -2.08. The van der Waals surface area contributed by atoms with E-state index in [2.05, 4.69) is 24.1 Å². The van der Waals surface area contributed by atoms with Gasteiger partial charge in [-0.1, -0.05) is 61.3 Å². The second-order valence-electron chi connectivity index (χ2n) is 7.05. The van der Waals surface area contributed by atoms with Crippen molar-refractivity contribution in [3.05, 3.63) is 74.2 Å². The van der Waals surface area contributed by atoms with Gasteiger partial charge in [0.2, 0.25) is 0 Å². The van der Waals surface area contributed by atoms with Crippen molar-refractivity contribution in [3.8, 4) is 5.75 Å². The van der Waals surface area contributed by atoms with Crippen LogP contribution in [0.15, 0.2) is 42.6 Å². The topological polar surface area (TPSA) is 51.2 Å². The fourth-order valence-corrected chi connectivity index (χ4v) is 4.10. The normalized spacial score (nSPS) is 11.0. The van der Waals surface area contributed by atoms with Crippen LogP contribution in [-0.4, -0.2) is 17.5 Å². The Morgan fingerprint density at radius 1 is 1.24 bits per heavy atom. The number of carbonyl (C=O) groups is 1. The van der Waals surface area contributed by atoms with E-state index < -0.39 is 0 Å². The standard InChI is InChI=1S/C22H22Cl2N2O2S/c1-13(2)17-8-7-14(3)9-19(17)28-12-20(27)26-22-25-11-16(29-22)10-15-5-4-6-18(23)21(15)24/h4-9,11,13H,10,12H2,1-3H3,(H,25,26,27). The number of anilines is 1. The fourth-order valence-electron chi connectivity index (χ4n) is 2.86. The van der Waals surface area contributed by atoms with Crippen LogP contribution in [-0.2, 0) is 11.2 Å². The molecule has 1 heterocycles. The van der Waals surface area contributed by atoms with Gasteiger partial charge in [0.25, 0.3) is 5.91 Å². The van der Waals surface area contributed by atoms with Crippen LogP contribution in [0.4, 0.5) is 5.13 Å². The molecule has 4 nitrogen and oxygen atoms in total. The van der Waals surface area contributed by atoms with Gasteiger partial charge in [-0.15, -0.1) is 11.3 Å². The van der Waals surface area contributed by atoms with E-state index in [0.29, 0.717) is 27.5 Å². The lowest BCUT2D eigenvalue weighted by Crippen LogP contribution is -2.20. The zero-order valence-electron chi connectivity index (χ0n) is 16.5. The second-order valence-corrected chi connectivity index (χ2v) is 8.95. The molecule has 1 N–H and O–H groups in total. The molecule has 3 aromatic rings. The Labute approximate surface area is 184 Å². The lowest BCUT2D eigenvalue weighted by Gasteiger charge is -2.14. The summed E-state index contributed by atoms with van der Waals surface area (Å²) >= 11 is 13.7. The summed E-state index contributed by atoms with van der Waals surface area (Å²) in [6.07, 6.45) is 2.33. The van der Waals surface area contributed by atoms with E-state index >= 15 is 0 Å². The number of nitrogens with one attached hydrogen (secondary N) is 1. The quantitative estimate of drug-likeness (QED) is 0.449. The van der Waals surface area contributed by atoms with Gasteiger partial charge < -0.3 is 4.74 Å². The van der Waals surface area contributed by atoms with Gasteiger partial charge >= 0.3 is 0 Å². The molecule has 0 aliphatic carbocycles. The minimum absolute atomic E-state index is 0.0712. The van der Waals surface area contributed by atoms with Crippen LogP contribution in [0.5, 0.6) is 5.75 Å². The summed E-state index contributed by atoms with van der Waals surface area (Å²) in [5, 5.41) is 4.39. The van der Waals surface area contributed by atoms with Gasteiger partial charge in [-0.2, -0.15) is 0 Å². The summed E-state index contributed by atoms with van der Waals surface area (Å²) in [4.78, 5) is 17.6. The molecule has 0 unspecified atom stereocenters. The number of ether oxygens (including phenoxy) is 1. The molecule has 2 aromatic carbocycles. The Morgan fingerprint density at radius 2 is 2.03 bits per heavy atom. The monoisotopic (exact) mass is 448 g/mol. The average molecular weight is 449 g/mol. The van der Waals surface area contributed by atoms with Crippen LogP contribution in [0.25, 0.3) is 0 Å². The molecule has 7 heteroatoms. The van der Waals surface area contributed by atoms with Gasteiger partial charge in [-0.3, -0.25) is 10.1 Å². The summed E-state index contributed by atoms with van der Waals surface area (Å²) in [5.74, 6) is 0.807. The molecule has 0 fully saturated rings. The third-order valence-electron chi connectivity index (χ3n) is 4.35. The highest BCUT2D eigenvalue weighted by Crippen LogP contribution is 2.30. The summed E-state index contributed by atoms with van der Waals surface area (Å²) in [5.41, 5.74) is 3.09. The number of hydrogen-bond acceptors (Lipinski definition) is 4. The van der Waals surface area contributed by atoms with Crippen LogP contribution in [0, 0.1) is 6.92 Å². The highest BCUT2D eigenvalue weighted by atomic mass is 35.5. The van der Waals surface area contributed by atoms with Crippen molar-refractivity contribution in [2.75, 3.05) is 11.9 Å². The smallest absolute Gasteiger partial charge is 0.264 e. The van der Waals surface area contributed by atoms with E-state index in [-0.39, 0.29) is 12.5 Å². The van der Waals surface area contributed by atoms with Crippen LogP contribution >= 0.6 is 34.5 Å². The van der Waals surface area contributed by atoms with Crippen molar-refractivity contribution in [1.29, 1.82) is 0 Å². The number of rotatable bonds is 7. The molecule has 1 amide bonds. The van der Waals surface area contributed by atoms with Crippen molar-refractivity contribution in [2.24, 2.45) is 0 Å². The fraction of sp³-hybridized carbons (Fsp3) is 0.273. The first-order valence-corrected chi connectivity index (χ1v) is 10.8. The van der Waals surface area contributed by atoms with E-state index in [1.54, 1.807) is 12.3 Å². The predicted molar refractivity (Wildman–Crippen MR) is 121 cm³/mol. The molecule has 0 saturated heterocycles. The number of amides is 1. The number of aromatic nitrogens is 1. The van der Waals surface area contributed by atoms with E-state index in [9.17, 15) is 4.79 Å². The number of thiazole rings is 1. The van der Waals surface area contributed by atoms with Crippen molar-refractivity contribution in [1.82, 2.24) is 4.98 Å². The lowest BCUT2D eigenvalue weighted by molar-refractivity contribution is -0.118. The summed E-state index contributed by atoms with van der Waals surface area (Å²) in [6, 6.07) is 11.6. The number of halogens is 2. The molecule has 29 heavy (non-hydrogen) atoms. The Balaban J connectivity index is 1.60. The van der Waals surface area contributed by atoms with E-state index in [4.69, 9.17) is 27.9 Å². The van der Waals surface area contributed by atoms with Crippen molar-refractivity contribution in [3.63, 3.8) is 0 Å². The maximum absolute atomic E-state index is 12.3. The molecule has 0 spiro atoms. The van der Waals surface area contributed by atoms with Gasteiger partial charge in [0.15, 0.2) is 11.7 Å². The maximum atomic E-state index is 12.3. The number of benzene rings is 2. The van der Waals surface area contributed by atoms with Gasteiger partial charge in [-0.05, 0) is 41.7 Å². The minimum atomic E-state index is -0.247. The summed E-state index contributed by atoms with van der Waals surface area (Å²) < 4.78 is 5.78. The van der Waals surface area contributed by atoms with E-state index in [1.807, 2.05) is 37.3 Å². The molecular weight excluding hydrogens is 427 g/mol. The Kier molecular flexibility index (Phi) is 7.17. The van der Waals surface area contributed by atoms with Crippen LogP contribution in [0.3, 0.4) is 0 Å². The molecule has 0 saturated carbocycles. The average Bonchev–Trinajstić information content (AvgIpc) is 3.10. The van der Waals surface area contributed by atoms with Crippen LogP contribution in [0.1, 0.15) is 41.3 Å². The summed E-state index contributed by atoms with van der Waals surface area (Å²) in [6.45, 7) is 6.13. The third-order valence-corrected chi connectivity index (χ3v) is 6.12. The number of hydrogen-bond donors (Lipinski definition) is 1. The van der Waals surface area contributed by atoms with Gasteiger partial charge in [0.1, 0.15) is 5.75 Å². The van der Waals surface area contributed by atoms with E-state index in [0.717, 1.165) is 27.3 Å². The van der Waals surface area contributed by atoms with Crippen molar-refractivity contribution < 1.29 is 9.53 Å². The molecule has 0 atom stereocenters. The first-order valence-electron chi connectivity index (χ1n) is 9.24. The second kappa shape index (κ2) is 9.61. The lowest BCUT2D eigenvalue weighted by atomic mass is 10.0.